The molecule has 0 aliphatic rings. The number of sulfonamides is 1. The van der Waals surface area contributed by atoms with Crippen molar-refractivity contribution in [2.75, 3.05) is 17.1 Å². The molecule has 0 spiro atoms. The van der Waals surface area contributed by atoms with Gasteiger partial charge in [-0.1, -0.05) is 70.5 Å². The van der Waals surface area contributed by atoms with E-state index in [1.807, 2.05) is 81.4 Å². The van der Waals surface area contributed by atoms with E-state index in [-0.39, 0.29) is 24.9 Å². The Morgan fingerprint density at radius 3 is 2.16 bits per heavy atom. The minimum absolute atomic E-state index is 0.134. The zero-order valence-corrected chi connectivity index (χ0v) is 24.5. The van der Waals surface area contributed by atoms with Crippen LogP contribution in [0, 0.1) is 6.92 Å². The number of nitrogens with zero attached hydrogens (tertiary/aromatic N) is 2. The van der Waals surface area contributed by atoms with Gasteiger partial charge in [0.2, 0.25) is 21.8 Å². The van der Waals surface area contributed by atoms with Crippen LogP contribution < -0.4 is 9.62 Å². The molecular formula is C29H34BrN3O4S. The first-order valence-electron chi connectivity index (χ1n) is 12.4. The van der Waals surface area contributed by atoms with E-state index < -0.39 is 28.5 Å². The molecular weight excluding hydrogens is 566 g/mol. The fourth-order valence-corrected chi connectivity index (χ4v) is 5.22. The largest absolute Gasteiger partial charge is 0.352 e. The maximum absolute atomic E-state index is 14.0. The van der Waals surface area contributed by atoms with E-state index in [4.69, 9.17) is 0 Å². The molecule has 1 N–H and O–H groups in total. The van der Waals surface area contributed by atoms with E-state index in [1.165, 1.54) is 4.90 Å². The molecule has 0 aliphatic carbocycles. The number of carbonyl (C=O) groups excluding carboxylic acids is 2. The molecule has 1 atom stereocenters. The van der Waals surface area contributed by atoms with Crippen molar-refractivity contribution in [3.8, 4) is 0 Å². The van der Waals surface area contributed by atoms with Gasteiger partial charge in [-0.25, -0.2) is 8.42 Å². The maximum Gasteiger partial charge on any atom is 0.244 e. The smallest absolute Gasteiger partial charge is 0.244 e. The van der Waals surface area contributed by atoms with E-state index in [2.05, 4.69) is 21.2 Å². The third-order valence-corrected chi connectivity index (χ3v) is 7.61. The second kappa shape index (κ2) is 13.1. The lowest BCUT2D eigenvalue weighted by molar-refractivity contribution is -0.140. The summed E-state index contributed by atoms with van der Waals surface area (Å²) >= 11 is 3.43. The van der Waals surface area contributed by atoms with Gasteiger partial charge in [0, 0.05) is 23.5 Å². The molecule has 3 aromatic rings. The van der Waals surface area contributed by atoms with Crippen LogP contribution in [0.4, 0.5) is 5.69 Å². The molecule has 0 radical (unpaired) electrons. The number of halogens is 1. The van der Waals surface area contributed by atoms with Crippen molar-refractivity contribution < 1.29 is 18.0 Å². The second-order valence-corrected chi connectivity index (χ2v) is 12.4. The molecule has 38 heavy (non-hydrogen) atoms. The third kappa shape index (κ3) is 8.43. The highest BCUT2D eigenvalue weighted by Crippen LogP contribution is 2.22. The van der Waals surface area contributed by atoms with Crippen LogP contribution in [-0.2, 0) is 32.6 Å². The Morgan fingerprint density at radius 2 is 1.58 bits per heavy atom. The van der Waals surface area contributed by atoms with Crippen molar-refractivity contribution in [3.63, 3.8) is 0 Å². The van der Waals surface area contributed by atoms with E-state index in [0.717, 1.165) is 31.7 Å². The van der Waals surface area contributed by atoms with E-state index >= 15 is 0 Å². The van der Waals surface area contributed by atoms with Crippen LogP contribution in [0.3, 0.4) is 0 Å². The van der Waals surface area contributed by atoms with Gasteiger partial charge in [-0.2, -0.15) is 0 Å². The number of nitrogens with one attached hydrogen (secondary N) is 1. The Balaban J connectivity index is 2.05. The fraction of sp³-hybridized carbons (Fsp3) is 0.310. The van der Waals surface area contributed by atoms with Crippen molar-refractivity contribution in [2.45, 2.75) is 45.8 Å². The summed E-state index contributed by atoms with van der Waals surface area (Å²) in [5, 5.41) is 2.94. The topological polar surface area (TPSA) is 86.8 Å². The number of amides is 2. The predicted octanol–water partition coefficient (Wildman–Crippen LogP) is 4.69. The zero-order chi connectivity index (χ0) is 27.9. The van der Waals surface area contributed by atoms with Crippen molar-refractivity contribution in [1.29, 1.82) is 0 Å². The molecule has 0 saturated carbocycles. The average molecular weight is 601 g/mol. The van der Waals surface area contributed by atoms with Crippen molar-refractivity contribution >= 4 is 43.5 Å². The molecule has 3 rings (SSSR count). The minimum atomic E-state index is -3.79. The first-order chi connectivity index (χ1) is 17.9. The number of hydrogen-bond donors (Lipinski definition) is 1. The quantitative estimate of drug-likeness (QED) is 0.346. The Kier molecular flexibility index (Phi) is 10.1. The standard InChI is InChI=1S/C29H34BrN3O4S/c1-21(2)31-29(35)27(18-23-10-6-5-7-11-23)32(19-24-13-15-25(30)16-14-24)28(34)20-33(38(4,36)37)26-12-8-9-22(3)17-26/h5-17,21,27H,18-20H2,1-4H3,(H,31,35)/t27-/m1/s1. The van der Waals surface area contributed by atoms with Gasteiger partial charge in [-0.3, -0.25) is 13.9 Å². The van der Waals surface area contributed by atoms with Crippen LogP contribution in [0.2, 0.25) is 0 Å². The monoisotopic (exact) mass is 599 g/mol. The van der Waals surface area contributed by atoms with Gasteiger partial charge in [-0.15, -0.1) is 0 Å². The van der Waals surface area contributed by atoms with Gasteiger partial charge < -0.3 is 10.2 Å². The molecule has 202 valence electrons. The lowest BCUT2D eigenvalue weighted by Gasteiger charge is -2.34. The minimum Gasteiger partial charge on any atom is -0.352 e. The van der Waals surface area contributed by atoms with Crippen molar-refractivity contribution in [3.05, 3.63) is 100 Å². The van der Waals surface area contributed by atoms with Gasteiger partial charge in [0.25, 0.3) is 0 Å². The third-order valence-electron chi connectivity index (χ3n) is 5.94. The molecule has 0 unspecified atom stereocenters. The average Bonchev–Trinajstić information content (AvgIpc) is 2.85. The number of anilines is 1. The Morgan fingerprint density at radius 1 is 0.921 bits per heavy atom. The Labute approximate surface area is 234 Å². The summed E-state index contributed by atoms with van der Waals surface area (Å²) in [6, 6.07) is 23.0. The maximum atomic E-state index is 14.0. The zero-order valence-electron chi connectivity index (χ0n) is 22.1. The van der Waals surface area contributed by atoms with Crippen LogP contribution in [0.5, 0.6) is 0 Å². The number of rotatable bonds is 11. The number of hydrogen-bond acceptors (Lipinski definition) is 4. The Bertz CT molecular complexity index is 1350. The molecule has 0 heterocycles. The predicted molar refractivity (Wildman–Crippen MR) is 155 cm³/mol. The second-order valence-electron chi connectivity index (χ2n) is 9.63. The molecule has 9 heteroatoms. The summed E-state index contributed by atoms with van der Waals surface area (Å²) in [6.45, 7) is 5.29. The van der Waals surface area contributed by atoms with Crippen molar-refractivity contribution in [1.82, 2.24) is 10.2 Å². The van der Waals surface area contributed by atoms with E-state index in [1.54, 1.807) is 18.2 Å². The lowest BCUT2D eigenvalue weighted by atomic mass is 10.0. The van der Waals surface area contributed by atoms with Crippen LogP contribution in [-0.4, -0.2) is 50.0 Å². The van der Waals surface area contributed by atoms with Crippen LogP contribution in [0.1, 0.15) is 30.5 Å². The summed E-state index contributed by atoms with van der Waals surface area (Å²) < 4.78 is 27.6. The first-order valence-corrected chi connectivity index (χ1v) is 15.0. The van der Waals surface area contributed by atoms with Gasteiger partial charge in [0.15, 0.2) is 0 Å². The highest BCUT2D eigenvalue weighted by molar-refractivity contribution is 9.10. The van der Waals surface area contributed by atoms with Gasteiger partial charge in [-0.05, 0) is 61.7 Å². The molecule has 7 nitrogen and oxygen atoms in total. The summed E-state index contributed by atoms with van der Waals surface area (Å²) in [7, 11) is -3.79. The highest BCUT2D eigenvalue weighted by Gasteiger charge is 2.33. The summed E-state index contributed by atoms with van der Waals surface area (Å²) in [6.07, 6.45) is 1.36. The van der Waals surface area contributed by atoms with Crippen LogP contribution in [0.15, 0.2) is 83.3 Å². The van der Waals surface area contributed by atoms with E-state index in [9.17, 15) is 18.0 Å². The van der Waals surface area contributed by atoms with Gasteiger partial charge >= 0.3 is 0 Å². The normalized spacial score (nSPS) is 12.2. The van der Waals surface area contributed by atoms with Gasteiger partial charge in [0.05, 0.1) is 11.9 Å². The van der Waals surface area contributed by atoms with Crippen LogP contribution >= 0.6 is 15.9 Å². The molecule has 0 saturated heterocycles. The highest BCUT2D eigenvalue weighted by atomic mass is 79.9. The van der Waals surface area contributed by atoms with E-state index in [0.29, 0.717) is 5.69 Å². The Hall–Kier alpha value is -3.17. The van der Waals surface area contributed by atoms with Crippen LogP contribution in [0.25, 0.3) is 0 Å². The SMILES string of the molecule is Cc1cccc(N(CC(=O)N(Cc2ccc(Br)cc2)[C@H](Cc2ccccc2)C(=O)NC(C)C)S(C)(=O)=O)c1. The van der Waals surface area contributed by atoms with Crippen molar-refractivity contribution in [2.24, 2.45) is 0 Å². The lowest BCUT2D eigenvalue weighted by Crippen LogP contribution is -2.54. The molecule has 0 fully saturated rings. The fourth-order valence-electron chi connectivity index (χ4n) is 4.12. The number of aryl methyl sites for hydroxylation is 1. The summed E-state index contributed by atoms with van der Waals surface area (Å²) in [5.41, 5.74) is 2.98. The first kappa shape index (κ1) is 29.4. The van der Waals surface area contributed by atoms with Gasteiger partial charge in [0.1, 0.15) is 12.6 Å². The molecule has 0 aliphatic heterocycles. The summed E-state index contributed by atoms with van der Waals surface area (Å²) in [5.74, 6) is -0.768. The number of carbonyl (C=O) groups is 2. The molecule has 2 amide bonds. The number of benzene rings is 3. The summed E-state index contributed by atoms with van der Waals surface area (Å²) in [4.78, 5) is 29.0. The molecule has 0 aromatic heterocycles. The molecule has 3 aromatic carbocycles. The molecule has 0 bridgehead atoms.